The first kappa shape index (κ1) is 22.9. The van der Waals surface area contributed by atoms with Crippen LogP contribution in [0, 0.1) is 19.7 Å². The van der Waals surface area contributed by atoms with Gasteiger partial charge in [-0.1, -0.05) is 12.1 Å². The van der Waals surface area contributed by atoms with Crippen molar-refractivity contribution in [1.82, 2.24) is 9.78 Å². The van der Waals surface area contributed by atoms with Crippen LogP contribution in [0.15, 0.2) is 51.4 Å². The predicted octanol–water partition coefficient (Wildman–Crippen LogP) is 4.70. The van der Waals surface area contributed by atoms with E-state index in [2.05, 4.69) is 15.3 Å². The van der Waals surface area contributed by atoms with E-state index in [0.29, 0.717) is 25.0 Å². The lowest BCUT2D eigenvalue weighted by Gasteiger charge is -2.07. The number of hydrogen-bond donors (Lipinski definition) is 3. The third-order valence-electron chi connectivity index (χ3n) is 5.16. The van der Waals surface area contributed by atoms with Gasteiger partial charge in [0.2, 0.25) is 0 Å². The van der Waals surface area contributed by atoms with Crippen LogP contribution in [0.25, 0.3) is 0 Å². The van der Waals surface area contributed by atoms with Gasteiger partial charge in [0.15, 0.2) is 5.69 Å². The van der Waals surface area contributed by atoms with Crippen LogP contribution >= 0.6 is 0 Å². The molecule has 0 atom stereocenters. The molecule has 8 nitrogen and oxygen atoms in total. The number of aryl methyl sites for hydroxylation is 5. The van der Waals surface area contributed by atoms with Crippen molar-refractivity contribution in [2.24, 2.45) is 10.2 Å². The van der Waals surface area contributed by atoms with Gasteiger partial charge in [0.05, 0.1) is 5.69 Å². The number of rotatable bonds is 9. The molecule has 32 heavy (non-hydrogen) atoms. The molecule has 0 radical (unpaired) electrons. The lowest BCUT2D eigenvalue weighted by molar-refractivity contribution is -0.137. The first-order valence-electron chi connectivity index (χ1n) is 10.2. The van der Waals surface area contributed by atoms with Gasteiger partial charge in [0, 0.05) is 13.0 Å². The van der Waals surface area contributed by atoms with Crippen molar-refractivity contribution >= 4 is 17.3 Å². The number of aromatic nitrogens is 2. The largest absolute Gasteiger partial charge is 0.506 e. The second kappa shape index (κ2) is 10.0. The fourth-order valence-corrected chi connectivity index (χ4v) is 3.39. The van der Waals surface area contributed by atoms with Crippen LogP contribution < -0.4 is 5.56 Å². The molecule has 0 aliphatic heterocycles. The van der Waals surface area contributed by atoms with Gasteiger partial charge in [0.25, 0.3) is 5.56 Å². The minimum atomic E-state index is -0.923. The maximum atomic E-state index is 13.2. The van der Waals surface area contributed by atoms with E-state index in [1.807, 2.05) is 13.0 Å². The number of azo groups is 1. The van der Waals surface area contributed by atoms with Gasteiger partial charge in [-0.3, -0.25) is 19.4 Å². The molecule has 0 saturated carbocycles. The number of aliphatic carboxylic acids is 1. The summed E-state index contributed by atoms with van der Waals surface area (Å²) >= 11 is 0. The van der Waals surface area contributed by atoms with Crippen LogP contribution in [0.5, 0.6) is 5.75 Å². The van der Waals surface area contributed by atoms with Crippen LogP contribution in [-0.4, -0.2) is 26.0 Å². The van der Waals surface area contributed by atoms with Crippen LogP contribution in [0.2, 0.25) is 0 Å². The Balaban J connectivity index is 1.68. The fourth-order valence-electron chi connectivity index (χ4n) is 3.39. The topological polar surface area (TPSA) is 120 Å². The van der Waals surface area contributed by atoms with Crippen molar-refractivity contribution in [3.63, 3.8) is 0 Å². The van der Waals surface area contributed by atoms with Crippen molar-refractivity contribution in [1.29, 1.82) is 0 Å². The summed E-state index contributed by atoms with van der Waals surface area (Å²) in [7, 11) is 0. The molecule has 1 heterocycles. The van der Waals surface area contributed by atoms with Crippen LogP contribution in [0.3, 0.4) is 0 Å². The zero-order chi connectivity index (χ0) is 23.3. The predicted molar refractivity (Wildman–Crippen MR) is 117 cm³/mol. The highest BCUT2D eigenvalue weighted by Crippen LogP contribution is 2.29. The summed E-state index contributed by atoms with van der Waals surface area (Å²) in [4.78, 5) is 23.1. The summed E-state index contributed by atoms with van der Waals surface area (Å²) < 4.78 is 14.5. The number of hydrogen-bond acceptors (Lipinski definition) is 5. The minimum absolute atomic E-state index is 0.0394. The van der Waals surface area contributed by atoms with Gasteiger partial charge in [-0.25, -0.2) is 4.39 Å². The van der Waals surface area contributed by atoms with E-state index >= 15 is 0 Å². The van der Waals surface area contributed by atoms with E-state index in [4.69, 9.17) is 5.11 Å². The third-order valence-corrected chi connectivity index (χ3v) is 5.16. The molecule has 2 aromatic carbocycles. The maximum Gasteiger partial charge on any atom is 0.303 e. The summed E-state index contributed by atoms with van der Waals surface area (Å²) in [5.41, 5.74) is 3.25. The molecule has 0 saturated heterocycles. The Bertz CT molecular complexity index is 1210. The van der Waals surface area contributed by atoms with E-state index in [1.165, 1.54) is 16.8 Å². The van der Waals surface area contributed by atoms with E-state index in [0.717, 1.165) is 16.7 Å². The molecule has 3 N–H and O–H groups in total. The second-order valence-electron chi connectivity index (χ2n) is 7.63. The summed E-state index contributed by atoms with van der Waals surface area (Å²) in [6.07, 6.45) is 1.64. The van der Waals surface area contributed by atoms with Gasteiger partial charge in [-0.2, -0.15) is 0 Å². The van der Waals surface area contributed by atoms with Crippen LogP contribution in [-0.2, 0) is 24.2 Å². The van der Waals surface area contributed by atoms with Crippen molar-refractivity contribution in [2.45, 2.75) is 46.1 Å². The molecule has 0 amide bonds. The average molecular weight is 440 g/mol. The molecule has 3 aromatic rings. The Morgan fingerprint density at radius 3 is 2.59 bits per heavy atom. The Kier molecular flexibility index (Phi) is 7.19. The van der Waals surface area contributed by atoms with Crippen molar-refractivity contribution in [3.8, 4) is 5.75 Å². The number of aromatic amines is 1. The number of carboxylic acids is 1. The number of nitrogens with one attached hydrogen (secondary N) is 1. The number of nitrogens with zero attached hydrogens (tertiary/aromatic N) is 3. The molecule has 0 unspecified atom stereocenters. The van der Waals surface area contributed by atoms with Crippen molar-refractivity contribution in [3.05, 3.63) is 75.0 Å². The SMILES string of the molecule is Cc1cc(F)ccc1CCc1ccc(N=Nc2c(C)[nH]n(CCCC(=O)O)c2=O)c(O)c1. The highest BCUT2D eigenvalue weighted by atomic mass is 19.1. The lowest BCUT2D eigenvalue weighted by Crippen LogP contribution is -2.17. The number of phenols is 1. The average Bonchev–Trinajstić information content (AvgIpc) is 2.99. The molecule has 0 bridgehead atoms. The van der Waals surface area contributed by atoms with E-state index < -0.39 is 11.5 Å². The van der Waals surface area contributed by atoms with Gasteiger partial charge in [-0.15, -0.1) is 10.2 Å². The molecule has 0 aliphatic carbocycles. The van der Waals surface area contributed by atoms with Gasteiger partial charge >= 0.3 is 5.97 Å². The number of aromatic hydroxyl groups is 1. The third kappa shape index (κ3) is 5.69. The Labute approximate surface area is 184 Å². The van der Waals surface area contributed by atoms with E-state index in [9.17, 15) is 19.1 Å². The number of H-pyrrole nitrogens is 1. The molecular weight excluding hydrogens is 415 g/mol. The molecule has 9 heteroatoms. The van der Waals surface area contributed by atoms with Crippen LogP contribution in [0.1, 0.15) is 35.2 Å². The summed E-state index contributed by atoms with van der Waals surface area (Å²) in [5, 5.41) is 29.9. The second-order valence-corrected chi connectivity index (χ2v) is 7.63. The lowest BCUT2D eigenvalue weighted by atomic mass is 10.00. The smallest absolute Gasteiger partial charge is 0.303 e. The highest BCUT2D eigenvalue weighted by molar-refractivity contribution is 5.66. The van der Waals surface area contributed by atoms with Gasteiger partial charge in [-0.05, 0) is 74.1 Å². The van der Waals surface area contributed by atoms with Gasteiger partial charge in [0.1, 0.15) is 17.3 Å². The van der Waals surface area contributed by atoms with E-state index in [1.54, 1.807) is 25.1 Å². The summed E-state index contributed by atoms with van der Waals surface area (Å²) in [6.45, 7) is 3.77. The molecular formula is C23H25FN4O4. The zero-order valence-electron chi connectivity index (χ0n) is 17.9. The molecule has 0 spiro atoms. The maximum absolute atomic E-state index is 13.2. The number of phenolic OH excluding ortho intramolecular Hbond substituents is 1. The molecule has 0 aliphatic rings. The number of halogens is 1. The number of carboxylic acid groups (broad SMARTS) is 1. The number of benzene rings is 2. The Morgan fingerprint density at radius 1 is 1.12 bits per heavy atom. The standard InChI is InChI=1S/C23H25FN4O4/c1-14-12-18(24)9-8-17(14)7-5-16-6-10-19(20(29)13-16)25-26-22-15(2)27-28(23(22)32)11-3-4-21(30)31/h6,8-10,12-13,27,29H,3-5,7,11H2,1-2H3,(H,30,31). The van der Waals surface area contributed by atoms with Gasteiger partial charge < -0.3 is 10.2 Å². The normalized spacial score (nSPS) is 11.3. The highest BCUT2D eigenvalue weighted by Gasteiger charge is 2.12. The first-order valence-corrected chi connectivity index (χ1v) is 10.2. The zero-order valence-corrected chi connectivity index (χ0v) is 17.9. The summed E-state index contributed by atoms with van der Waals surface area (Å²) in [5.74, 6) is -1.24. The first-order chi connectivity index (χ1) is 15.2. The fraction of sp³-hybridized carbons (Fsp3) is 0.304. The Hall–Kier alpha value is -3.75. The molecule has 1 aromatic heterocycles. The molecule has 3 rings (SSSR count). The van der Waals surface area contributed by atoms with Crippen molar-refractivity contribution in [2.75, 3.05) is 0 Å². The Morgan fingerprint density at radius 2 is 1.91 bits per heavy atom. The molecule has 0 fully saturated rings. The monoisotopic (exact) mass is 440 g/mol. The van der Waals surface area contributed by atoms with Crippen LogP contribution in [0.4, 0.5) is 15.8 Å². The van der Waals surface area contributed by atoms with Crippen molar-refractivity contribution < 1.29 is 19.4 Å². The summed E-state index contributed by atoms with van der Waals surface area (Å²) in [6, 6.07) is 9.74. The molecule has 168 valence electrons. The quantitative estimate of drug-likeness (QED) is 0.418. The number of carbonyl (C=O) groups is 1. The minimum Gasteiger partial charge on any atom is -0.506 e. The van der Waals surface area contributed by atoms with E-state index in [-0.39, 0.29) is 35.9 Å².